The summed E-state index contributed by atoms with van der Waals surface area (Å²) in [5.41, 5.74) is 1.92. The van der Waals surface area contributed by atoms with Gasteiger partial charge in [-0.2, -0.15) is 0 Å². The molecule has 2 fully saturated rings. The fourth-order valence-electron chi connectivity index (χ4n) is 3.53. The van der Waals surface area contributed by atoms with Crippen LogP contribution in [0.25, 0.3) is 0 Å². The van der Waals surface area contributed by atoms with Gasteiger partial charge >= 0.3 is 0 Å². The molecule has 2 nitrogen and oxygen atoms in total. The van der Waals surface area contributed by atoms with E-state index in [-0.39, 0.29) is 0 Å². The molecule has 0 aromatic carbocycles. The predicted molar refractivity (Wildman–Crippen MR) is 99.1 cm³/mol. The second kappa shape index (κ2) is 9.60. The molecule has 2 aliphatic rings. The first-order valence-corrected chi connectivity index (χ1v) is 9.53. The zero-order valence-electron chi connectivity index (χ0n) is 15.9. The van der Waals surface area contributed by atoms with Crippen LogP contribution in [-0.4, -0.2) is 30.6 Å². The van der Waals surface area contributed by atoms with Crippen molar-refractivity contribution in [2.24, 2.45) is 11.3 Å². The van der Waals surface area contributed by atoms with Gasteiger partial charge in [0.2, 0.25) is 0 Å². The van der Waals surface area contributed by atoms with Crippen molar-refractivity contribution in [3.05, 3.63) is 12.3 Å². The van der Waals surface area contributed by atoms with Crippen LogP contribution in [0.5, 0.6) is 0 Å². The lowest BCUT2D eigenvalue weighted by Gasteiger charge is -2.39. The Labute approximate surface area is 139 Å². The second-order valence-corrected chi connectivity index (χ2v) is 8.19. The second-order valence-electron chi connectivity index (χ2n) is 8.19. The van der Waals surface area contributed by atoms with Gasteiger partial charge < -0.3 is 5.32 Å². The molecule has 1 aliphatic heterocycles. The summed E-state index contributed by atoms with van der Waals surface area (Å²) in [5, 5.41) is 3.41. The van der Waals surface area contributed by atoms with Crippen LogP contribution in [0.15, 0.2) is 12.3 Å². The van der Waals surface area contributed by atoms with Crippen LogP contribution >= 0.6 is 0 Å². The average Bonchev–Trinajstić information content (AvgIpc) is 2.90. The third-order valence-electron chi connectivity index (χ3n) is 5.30. The zero-order chi connectivity index (χ0) is 16.6. The van der Waals surface area contributed by atoms with E-state index in [9.17, 15) is 0 Å². The standard InChI is InChI=1S/C15H28N2.C5H12/c1-13(2)16-14(3)12-17-10-8-15(9-11-17)6-4-5-7-15;1-4-5(2)3/h13,16H,3-12H2,1-2H3;5H,4H2,1-3H3. The lowest BCUT2D eigenvalue weighted by Crippen LogP contribution is -2.41. The van der Waals surface area contributed by atoms with Crippen molar-refractivity contribution < 1.29 is 0 Å². The maximum Gasteiger partial charge on any atom is 0.0375 e. The van der Waals surface area contributed by atoms with Gasteiger partial charge in [0.25, 0.3) is 0 Å². The number of hydrogen-bond acceptors (Lipinski definition) is 2. The van der Waals surface area contributed by atoms with Crippen molar-refractivity contribution >= 4 is 0 Å². The maximum atomic E-state index is 4.13. The molecule has 0 bridgehead atoms. The highest BCUT2D eigenvalue weighted by atomic mass is 15.2. The number of rotatable bonds is 5. The average molecular weight is 309 g/mol. The molecule has 130 valence electrons. The fraction of sp³-hybridized carbons (Fsp3) is 0.900. The van der Waals surface area contributed by atoms with E-state index in [1.165, 1.54) is 63.7 Å². The Morgan fingerprint density at radius 2 is 1.55 bits per heavy atom. The van der Waals surface area contributed by atoms with Gasteiger partial charge in [0.05, 0.1) is 0 Å². The maximum absolute atomic E-state index is 4.13. The Morgan fingerprint density at radius 3 is 1.95 bits per heavy atom. The van der Waals surface area contributed by atoms with E-state index >= 15 is 0 Å². The molecule has 22 heavy (non-hydrogen) atoms. The quantitative estimate of drug-likeness (QED) is 0.750. The van der Waals surface area contributed by atoms with Gasteiger partial charge in [-0.05, 0) is 64.0 Å². The van der Waals surface area contributed by atoms with Crippen LogP contribution in [-0.2, 0) is 0 Å². The first-order valence-electron chi connectivity index (χ1n) is 9.53. The van der Waals surface area contributed by atoms with E-state index in [2.05, 4.69) is 51.4 Å². The van der Waals surface area contributed by atoms with E-state index in [1.807, 2.05) is 0 Å². The van der Waals surface area contributed by atoms with Gasteiger partial charge in [-0.15, -0.1) is 0 Å². The minimum Gasteiger partial charge on any atom is -0.386 e. The predicted octanol–water partition coefficient (Wildman–Crippen LogP) is 5.21. The van der Waals surface area contributed by atoms with Crippen molar-refractivity contribution in [3.63, 3.8) is 0 Å². The fourth-order valence-corrected chi connectivity index (χ4v) is 3.53. The molecule has 1 heterocycles. The van der Waals surface area contributed by atoms with E-state index in [4.69, 9.17) is 0 Å². The van der Waals surface area contributed by atoms with Crippen molar-refractivity contribution in [3.8, 4) is 0 Å². The Morgan fingerprint density at radius 1 is 1.05 bits per heavy atom. The van der Waals surface area contributed by atoms with E-state index in [0.29, 0.717) is 6.04 Å². The molecular formula is C20H40N2. The summed E-state index contributed by atoms with van der Waals surface area (Å²) in [7, 11) is 0. The molecule has 0 radical (unpaired) electrons. The van der Waals surface area contributed by atoms with Crippen LogP contribution in [0.4, 0.5) is 0 Å². The minimum atomic E-state index is 0.508. The van der Waals surface area contributed by atoms with Gasteiger partial charge in [-0.3, -0.25) is 4.90 Å². The molecule has 1 spiro atoms. The molecule has 1 aliphatic carbocycles. The molecule has 0 aromatic heterocycles. The van der Waals surface area contributed by atoms with Crippen LogP contribution in [0, 0.1) is 11.3 Å². The van der Waals surface area contributed by atoms with E-state index < -0.39 is 0 Å². The molecule has 0 aromatic rings. The van der Waals surface area contributed by atoms with Crippen molar-refractivity contribution in [2.45, 2.75) is 85.6 Å². The normalized spacial score (nSPS) is 21.0. The van der Waals surface area contributed by atoms with Crippen molar-refractivity contribution in [1.29, 1.82) is 0 Å². The highest BCUT2D eigenvalue weighted by Crippen LogP contribution is 2.46. The third-order valence-corrected chi connectivity index (χ3v) is 5.30. The highest BCUT2D eigenvalue weighted by molar-refractivity contribution is 4.98. The van der Waals surface area contributed by atoms with Gasteiger partial charge in [0.15, 0.2) is 0 Å². The summed E-state index contributed by atoms with van der Waals surface area (Å²) in [6.07, 6.45) is 10.1. The van der Waals surface area contributed by atoms with Gasteiger partial charge in [0, 0.05) is 18.3 Å². The molecule has 1 N–H and O–H groups in total. The monoisotopic (exact) mass is 308 g/mol. The molecule has 2 heteroatoms. The summed E-state index contributed by atoms with van der Waals surface area (Å²) in [5.74, 6) is 0.884. The number of nitrogens with zero attached hydrogens (tertiary/aromatic N) is 1. The first kappa shape index (κ1) is 19.5. The molecule has 0 unspecified atom stereocenters. The number of nitrogens with one attached hydrogen (secondary N) is 1. The van der Waals surface area contributed by atoms with Crippen LogP contribution in [0.1, 0.15) is 79.6 Å². The van der Waals surface area contributed by atoms with Crippen molar-refractivity contribution in [2.75, 3.05) is 19.6 Å². The number of hydrogen-bond donors (Lipinski definition) is 1. The lowest BCUT2D eigenvalue weighted by molar-refractivity contribution is 0.114. The van der Waals surface area contributed by atoms with Gasteiger partial charge in [0.1, 0.15) is 0 Å². The Kier molecular flexibility index (Phi) is 8.53. The molecular weight excluding hydrogens is 268 g/mol. The van der Waals surface area contributed by atoms with Crippen LogP contribution in [0.3, 0.4) is 0 Å². The Balaban J connectivity index is 0.000000422. The molecule has 1 saturated heterocycles. The van der Waals surface area contributed by atoms with Crippen molar-refractivity contribution in [1.82, 2.24) is 10.2 Å². The highest BCUT2D eigenvalue weighted by Gasteiger charge is 2.36. The lowest BCUT2D eigenvalue weighted by atomic mass is 9.77. The van der Waals surface area contributed by atoms with Crippen LogP contribution < -0.4 is 5.32 Å². The van der Waals surface area contributed by atoms with Gasteiger partial charge in [-0.1, -0.05) is 46.6 Å². The topological polar surface area (TPSA) is 15.3 Å². The molecule has 2 rings (SSSR count). The first-order chi connectivity index (χ1) is 10.4. The summed E-state index contributed by atoms with van der Waals surface area (Å²) < 4.78 is 0. The minimum absolute atomic E-state index is 0.508. The Bertz CT molecular complexity index is 304. The third kappa shape index (κ3) is 7.17. The van der Waals surface area contributed by atoms with E-state index in [0.717, 1.165) is 17.9 Å². The smallest absolute Gasteiger partial charge is 0.0375 e. The summed E-state index contributed by atoms with van der Waals surface area (Å²) in [6, 6.07) is 0.508. The molecule has 0 atom stereocenters. The summed E-state index contributed by atoms with van der Waals surface area (Å²) >= 11 is 0. The summed E-state index contributed by atoms with van der Waals surface area (Å²) in [4.78, 5) is 2.57. The van der Waals surface area contributed by atoms with Crippen LogP contribution in [0.2, 0.25) is 0 Å². The number of piperidine rings is 1. The largest absolute Gasteiger partial charge is 0.386 e. The number of likely N-dealkylation sites (tertiary alicyclic amines) is 1. The zero-order valence-corrected chi connectivity index (χ0v) is 15.9. The summed E-state index contributed by atoms with van der Waals surface area (Å²) in [6.45, 7) is 18.7. The SMILES string of the molecule is C=C(CN1CCC2(CCCC2)CC1)NC(C)C.CCC(C)C. The Hall–Kier alpha value is -0.500. The molecule has 0 amide bonds. The molecule has 1 saturated carbocycles. The van der Waals surface area contributed by atoms with E-state index in [1.54, 1.807) is 0 Å². The van der Waals surface area contributed by atoms with Gasteiger partial charge in [-0.25, -0.2) is 0 Å².